The van der Waals surface area contributed by atoms with Crippen molar-refractivity contribution >= 4 is 34.0 Å². The van der Waals surface area contributed by atoms with Crippen LogP contribution < -0.4 is 16.0 Å². The summed E-state index contributed by atoms with van der Waals surface area (Å²) in [7, 11) is 1.41. The van der Waals surface area contributed by atoms with Crippen molar-refractivity contribution in [2.45, 2.75) is 13.5 Å². The smallest absolute Gasteiger partial charge is 0.283 e. The van der Waals surface area contributed by atoms with Gasteiger partial charge in [0.2, 0.25) is 10.7 Å². The maximum atomic E-state index is 12.5. The second-order valence-corrected chi connectivity index (χ2v) is 7.61. The highest BCUT2D eigenvalue weighted by Crippen LogP contribution is 2.22. The number of ether oxygens (including phenoxy) is 2. The van der Waals surface area contributed by atoms with E-state index in [4.69, 9.17) is 15.2 Å². The van der Waals surface area contributed by atoms with Gasteiger partial charge in [-0.05, 0) is 48.4 Å². The fraction of sp³-hybridized carbons (Fsp3) is 0.143. The molecule has 4 rings (SSSR count). The molecule has 0 bridgehead atoms. The van der Waals surface area contributed by atoms with Crippen LogP contribution in [0.4, 0.5) is 5.82 Å². The average Bonchev–Trinajstić information content (AvgIpc) is 3.14. The Balaban J connectivity index is 1.66. The van der Waals surface area contributed by atoms with Crippen LogP contribution in [0.5, 0.6) is 5.75 Å². The van der Waals surface area contributed by atoms with Gasteiger partial charge in [0.05, 0.1) is 12.7 Å². The van der Waals surface area contributed by atoms with E-state index in [-0.39, 0.29) is 29.5 Å². The summed E-state index contributed by atoms with van der Waals surface area (Å²) in [5, 5.41) is 5.06. The van der Waals surface area contributed by atoms with Crippen LogP contribution in [0.25, 0.3) is 11.0 Å². The number of nitrogen functional groups attached to an aromatic ring is 1. The Morgan fingerprint density at radius 1 is 1.27 bits per heavy atom. The van der Waals surface area contributed by atoms with Gasteiger partial charge in [-0.2, -0.15) is 14.6 Å². The molecule has 1 aromatic carbocycles. The number of benzene rings is 1. The molecule has 2 N–H and O–H groups in total. The van der Waals surface area contributed by atoms with Crippen molar-refractivity contribution in [3.8, 4) is 5.75 Å². The van der Waals surface area contributed by atoms with Crippen LogP contribution in [0.1, 0.15) is 16.1 Å². The quantitative estimate of drug-likeness (QED) is 0.673. The predicted molar refractivity (Wildman–Crippen MR) is 114 cm³/mol. The molecule has 0 radical (unpaired) electrons. The van der Waals surface area contributed by atoms with Gasteiger partial charge in [-0.15, -0.1) is 0 Å². The Bertz CT molecular complexity index is 1300. The van der Waals surface area contributed by atoms with E-state index in [1.807, 2.05) is 31.2 Å². The first-order chi connectivity index (χ1) is 14.4. The summed E-state index contributed by atoms with van der Waals surface area (Å²) in [4.78, 5) is 28.7. The van der Waals surface area contributed by atoms with Gasteiger partial charge in [0, 0.05) is 0 Å². The second-order valence-electron chi connectivity index (χ2n) is 6.57. The molecule has 0 fully saturated rings. The largest absolute Gasteiger partial charge is 0.493 e. The van der Waals surface area contributed by atoms with Crippen LogP contribution in [0.15, 0.2) is 58.6 Å². The molecular weight excluding hydrogens is 404 g/mol. The summed E-state index contributed by atoms with van der Waals surface area (Å²) in [5.74, 6) is 0.828. The van der Waals surface area contributed by atoms with E-state index >= 15 is 0 Å². The molecule has 0 spiro atoms. The number of hydrogen-bond acceptors (Lipinski definition) is 8. The standard InChI is InChI=1S/C21H18N4O4S/c1-12-4-3-5-14(8-12)29-11-18-24-25-19(22)15(20(27)23-21(25)30-18)9-13-6-7-16(26)17(10-13)28-2/h3-10H,11,22H2,1-2H3. The van der Waals surface area contributed by atoms with E-state index < -0.39 is 5.56 Å². The van der Waals surface area contributed by atoms with E-state index in [1.54, 1.807) is 12.2 Å². The van der Waals surface area contributed by atoms with Crippen molar-refractivity contribution in [3.63, 3.8) is 0 Å². The molecule has 2 aromatic heterocycles. The van der Waals surface area contributed by atoms with Crippen LogP contribution >= 0.6 is 11.3 Å². The minimum Gasteiger partial charge on any atom is -0.493 e. The van der Waals surface area contributed by atoms with Gasteiger partial charge in [0.25, 0.3) is 5.56 Å². The second kappa shape index (κ2) is 7.96. The van der Waals surface area contributed by atoms with Crippen molar-refractivity contribution in [3.05, 3.63) is 80.3 Å². The third-order valence-electron chi connectivity index (χ3n) is 4.38. The molecule has 0 aliphatic heterocycles. The minimum atomic E-state index is -0.479. The molecule has 0 amide bonds. The highest BCUT2D eigenvalue weighted by atomic mass is 32.1. The van der Waals surface area contributed by atoms with E-state index in [2.05, 4.69) is 10.1 Å². The van der Waals surface area contributed by atoms with Crippen LogP contribution in [0, 0.1) is 6.92 Å². The Morgan fingerprint density at radius 3 is 2.87 bits per heavy atom. The van der Waals surface area contributed by atoms with E-state index in [1.165, 1.54) is 35.1 Å². The summed E-state index contributed by atoms with van der Waals surface area (Å²) in [6.45, 7) is 2.21. The number of nitrogens with zero attached hydrogens (tertiary/aromatic N) is 3. The fourth-order valence-electron chi connectivity index (χ4n) is 2.91. The lowest BCUT2D eigenvalue weighted by atomic mass is 10.0. The first-order valence-corrected chi connectivity index (χ1v) is 9.84. The van der Waals surface area contributed by atoms with Crippen LogP contribution in [-0.2, 0) is 16.1 Å². The summed E-state index contributed by atoms with van der Waals surface area (Å²) in [6.07, 6.45) is 6.05. The first-order valence-electron chi connectivity index (χ1n) is 9.02. The summed E-state index contributed by atoms with van der Waals surface area (Å²) in [6, 6.07) is 7.69. The van der Waals surface area contributed by atoms with Gasteiger partial charge >= 0.3 is 0 Å². The number of hydrogen-bond donors (Lipinski definition) is 1. The lowest BCUT2D eigenvalue weighted by molar-refractivity contribution is -0.114. The Kier molecular flexibility index (Phi) is 5.20. The number of ketones is 1. The van der Waals surface area contributed by atoms with Gasteiger partial charge in [-0.3, -0.25) is 9.59 Å². The minimum absolute atomic E-state index is 0.160. The number of aromatic nitrogens is 3. The van der Waals surface area contributed by atoms with E-state index in [0.717, 1.165) is 11.3 Å². The lowest BCUT2D eigenvalue weighted by Crippen LogP contribution is -2.17. The highest BCUT2D eigenvalue weighted by molar-refractivity contribution is 7.16. The molecular formula is C21H18N4O4S. The topological polar surface area (TPSA) is 109 Å². The van der Waals surface area contributed by atoms with Gasteiger partial charge in [0.15, 0.2) is 10.8 Å². The maximum Gasteiger partial charge on any atom is 0.283 e. The zero-order valence-electron chi connectivity index (χ0n) is 16.3. The fourth-order valence-corrected chi connectivity index (χ4v) is 3.71. The third-order valence-corrected chi connectivity index (χ3v) is 5.27. The summed E-state index contributed by atoms with van der Waals surface area (Å²) < 4.78 is 12.2. The van der Waals surface area contributed by atoms with Gasteiger partial charge in [-0.25, -0.2) is 0 Å². The molecule has 0 saturated heterocycles. The molecule has 152 valence electrons. The molecule has 3 aromatic rings. The van der Waals surface area contributed by atoms with Crippen molar-refractivity contribution in [2.75, 3.05) is 12.8 Å². The van der Waals surface area contributed by atoms with Crippen LogP contribution in [0.2, 0.25) is 0 Å². The van der Waals surface area contributed by atoms with Crippen LogP contribution in [-0.4, -0.2) is 27.5 Å². The Labute approximate surface area is 175 Å². The SMILES string of the molecule is COC1=CC(=Cc2c(N)n3nc(COc4cccc(C)c4)sc3nc2=O)C=CC1=O. The maximum absolute atomic E-state index is 12.5. The van der Waals surface area contributed by atoms with E-state index in [0.29, 0.717) is 15.5 Å². The zero-order valence-corrected chi connectivity index (χ0v) is 17.1. The van der Waals surface area contributed by atoms with Gasteiger partial charge in [-0.1, -0.05) is 29.5 Å². The molecule has 1 aliphatic rings. The molecule has 30 heavy (non-hydrogen) atoms. The lowest BCUT2D eigenvalue weighted by Gasteiger charge is -2.08. The van der Waals surface area contributed by atoms with Crippen molar-refractivity contribution in [2.24, 2.45) is 0 Å². The number of carbonyl (C=O) groups excluding carboxylic acids is 1. The van der Waals surface area contributed by atoms with Gasteiger partial charge in [0.1, 0.15) is 18.2 Å². The third kappa shape index (κ3) is 3.87. The zero-order chi connectivity index (χ0) is 21.3. The van der Waals surface area contributed by atoms with Crippen molar-refractivity contribution < 1.29 is 14.3 Å². The number of anilines is 1. The van der Waals surface area contributed by atoms with Crippen molar-refractivity contribution in [1.82, 2.24) is 14.6 Å². The van der Waals surface area contributed by atoms with Crippen molar-refractivity contribution in [1.29, 1.82) is 0 Å². The molecule has 2 heterocycles. The summed E-state index contributed by atoms with van der Waals surface area (Å²) >= 11 is 1.23. The molecule has 1 aliphatic carbocycles. The summed E-state index contributed by atoms with van der Waals surface area (Å²) in [5.41, 5.74) is 7.60. The number of methoxy groups -OCH3 is 1. The van der Waals surface area contributed by atoms with Gasteiger partial charge < -0.3 is 15.2 Å². The molecule has 0 atom stereocenters. The number of carbonyl (C=O) groups is 1. The van der Waals surface area contributed by atoms with Crippen LogP contribution in [0.3, 0.4) is 0 Å². The normalized spacial score (nSPS) is 14.9. The number of fused-ring (bicyclic) bond motifs is 1. The number of rotatable bonds is 5. The molecule has 0 unspecified atom stereocenters. The molecule has 9 heteroatoms. The predicted octanol–water partition coefficient (Wildman–Crippen LogP) is 2.67. The Morgan fingerprint density at radius 2 is 2.10 bits per heavy atom. The number of nitrogens with two attached hydrogens (primary N) is 1. The Hall–Kier alpha value is -3.72. The number of aryl methyl sites for hydroxylation is 1. The first kappa shape index (κ1) is 19.6. The van der Waals surface area contributed by atoms with E-state index in [9.17, 15) is 9.59 Å². The average molecular weight is 422 g/mol. The monoisotopic (exact) mass is 422 g/mol. The number of allylic oxidation sites excluding steroid dienone is 4. The molecule has 8 nitrogen and oxygen atoms in total. The molecule has 0 saturated carbocycles. The highest BCUT2D eigenvalue weighted by Gasteiger charge is 2.16.